The zero-order valence-electron chi connectivity index (χ0n) is 10.7. The van der Waals surface area contributed by atoms with Crippen LogP contribution in [0.25, 0.3) is 11.4 Å². The van der Waals surface area contributed by atoms with Crippen LogP contribution in [0.1, 0.15) is 24.4 Å². The first kappa shape index (κ1) is 13.7. The van der Waals surface area contributed by atoms with Gasteiger partial charge in [0.1, 0.15) is 0 Å². The van der Waals surface area contributed by atoms with Crippen molar-refractivity contribution in [3.05, 3.63) is 28.2 Å². The maximum Gasteiger partial charge on any atom is 0.273 e. The lowest BCUT2D eigenvalue weighted by atomic mass is 10.1. The minimum atomic E-state index is -3.86. The molecule has 1 aromatic carbocycles. The Morgan fingerprint density at radius 2 is 2.05 bits per heavy atom. The molecule has 0 spiro atoms. The number of nitrogens with two attached hydrogens (primary N) is 1. The molecule has 0 unspecified atom stereocenters. The maximum absolute atomic E-state index is 11.6. The van der Waals surface area contributed by atoms with Crippen LogP contribution in [0.5, 0.6) is 0 Å². The fraction of sp³-hybridized carbons (Fsp3) is 0.333. The van der Waals surface area contributed by atoms with Crippen LogP contribution in [0.15, 0.2) is 27.8 Å². The van der Waals surface area contributed by atoms with Gasteiger partial charge in [-0.05, 0) is 37.5 Å². The first-order valence-electron chi connectivity index (χ1n) is 6.12. The second-order valence-corrected chi connectivity index (χ2v) is 7.23. The zero-order chi connectivity index (χ0) is 14.5. The number of hydrogen-bond donors (Lipinski definition) is 1. The molecule has 0 radical (unpaired) electrons. The first-order valence-corrected chi connectivity index (χ1v) is 8.46. The summed E-state index contributed by atoms with van der Waals surface area (Å²) < 4.78 is 25.8. The van der Waals surface area contributed by atoms with Crippen molar-refractivity contribution in [2.75, 3.05) is 0 Å². The average Bonchev–Trinajstić information content (AvgIpc) is 3.10. The predicted octanol–water partition coefficient (Wildman–Crippen LogP) is 2.00. The van der Waals surface area contributed by atoms with E-state index in [1.54, 1.807) is 4.57 Å². The van der Waals surface area contributed by atoms with Crippen LogP contribution in [-0.4, -0.2) is 23.2 Å². The van der Waals surface area contributed by atoms with Crippen LogP contribution in [0.3, 0.4) is 0 Å². The zero-order valence-corrected chi connectivity index (χ0v) is 13.1. The Balaban J connectivity index is 2.19. The average molecular weight is 357 g/mol. The maximum atomic E-state index is 11.6. The van der Waals surface area contributed by atoms with E-state index < -0.39 is 10.0 Å². The van der Waals surface area contributed by atoms with E-state index in [2.05, 4.69) is 26.1 Å². The monoisotopic (exact) mass is 356 g/mol. The Morgan fingerprint density at radius 1 is 1.35 bits per heavy atom. The van der Waals surface area contributed by atoms with Crippen LogP contribution < -0.4 is 5.14 Å². The number of primary sulfonamides is 1. The molecule has 1 aromatic heterocycles. The molecule has 0 saturated heterocycles. The van der Waals surface area contributed by atoms with Crippen LogP contribution in [0.4, 0.5) is 0 Å². The van der Waals surface area contributed by atoms with Crippen molar-refractivity contribution < 1.29 is 8.42 Å². The predicted molar refractivity (Wildman–Crippen MR) is 77.5 cm³/mol. The van der Waals surface area contributed by atoms with Crippen LogP contribution in [0, 0.1) is 6.92 Å². The van der Waals surface area contributed by atoms with Gasteiger partial charge < -0.3 is 0 Å². The molecule has 1 saturated carbocycles. The van der Waals surface area contributed by atoms with E-state index in [1.807, 2.05) is 25.1 Å². The molecule has 1 heterocycles. The molecule has 0 aliphatic heterocycles. The molecule has 20 heavy (non-hydrogen) atoms. The first-order chi connectivity index (χ1) is 9.38. The lowest BCUT2D eigenvalue weighted by Crippen LogP contribution is -2.18. The number of nitrogens with zero attached hydrogens (tertiary/aromatic N) is 3. The normalized spacial score (nSPS) is 15.6. The summed E-state index contributed by atoms with van der Waals surface area (Å²) in [5, 5.41) is 12.8. The molecule has 1 aliphatic carbocycles. The van der Waals surface area contributed by atoms with Gasteiger partial charge in [-0.1, -0.05) is 22.0 Å². The largest absolute Gasteiger partial charge is 0.294 e. The van der Waals surface area contributed by atoms with Crippen molar-refractivity contribution >= 4 is 26.0 Å². The van der Waals surface area contributed by atoms with Crippen molar-refractivity contribution in [2.24, 2.45) is 5.14 Å². The molecule has 2 aromatic rings. The molecule has 0 amide bonds. The summed E-state index contributed by atoms with van der Waals surface area (Å²) in [6, 6.07) is 5.86. The number of benzene rings is 1. The molecule has 6 nitrogen and oxygen atoms in total. The third-order valence-electron chi connectivity index (χ3n) is 3.25. The molecule has 0 atom stereocenters. The van der Waals surface area contributed by atoms with Crippen molar-refractivity contribution in [2.45, 2.75) is 31.0 Å². The summed E-state index contributed by atoms with van der Waals surface area (Å²) in [6.45, 7) is 1.96. The molecule has 1 aliphatic rings. The molecule has 3 rings (SSSR count). The SMILES string of the molecule is Cc1cc(-c2nnc(S(N)(=O)=O)n2C2CC2)ccc1Br. The molecule has 106 valence electrons. The fourth-order valence-corrected chi connectivity index (χ4v) is 3.02. The van der Waals surface area contributed by atoms with Gasteiger partial charge in [0.2, 0.25) is 0 Å². The number of sulfonamides is 1. The van der Waals surface area contributed by atoms with Gasteiger partial charge in [0.15, 0.2) is 5.82 Å². The fourth-order valence-electron chi connectivity index (χ4n) is 2.11. The third-order valence-corrected chi connectivity index (χ3v) is 4.92. The van der Waals surface area contributed by atoms with Gasteiger partial charge in [0.05, 0.1) is 0 Å². The lowest BCUT2D eigenvalue weighted by molar-refractivity contribution is 0.567. The smallest absolute Gasteiger partial charge is 0.273 e. The van der Waals surface area contributed by atoms with E-state index in [-0.39, 0.29) is 11.2 Å². The standard InChI is InChI=1S/C12H13BrN4O2S/c1-7-6-8(2-5-10(7)13)11-15-16-12(20(14,18)19)17(11)9-3-4-9/h2,5-6,9H,3-4H2,1H3,(H2,14,18,19). The summed E-state index contributed by atoms with van der Waals surface area (Å²) in [7, 11) is -3.86. The number of aromatic nitrogens is 3. The summed E-state index contributed by atoms with van der Waals surface area (Å²) in [5.41, 5.74) is 1.88. The highest BCUT2D eigenvalue weighted by Gasteiger charge is 2.33. The van der Waals surface area contributed by atoms with E-state index in [0.717, 1.165) is 28.4 Å². The van der Waals surface area contributed by atoms with Gasteiger partial charge in [-0.3, -0.25) is 4.57 Å². The van der Waals surface area contributed by atoms with E-state index in [4.69, 9.17) is 5.14 Å². The van der Waals surface area contributed by atoms with Crippen molar-refractivity contribution in [1.29, 1.82) is 0 Å². The number of hydrogen-bond acceptors (Lipinski definition) is 4. The number of rotatable bonds is 3. The topological polar surface area (TPSA) is 90.9 Å². The Hall–Kier alpha value is -1.25. The van der Waals surface area contributed by atoms with Gasteiger partial charge >= 0.3 is 0 Å². The van der Waals surface area contributed by atoms with Crippen molar-refractivity contribution in [1.82, 2.24) is 14.8 Å². The van der Waals surface area contributed by atoms with E-state index >= 15 is 0 Å². The Bertz CT molecular complexity index is 781. The van der Waals surface area contributed by atoms with Crippen LogP contribution in [-0.2, 0) is 10.0 Å². The van der Waals surface area contributed by atoms with E-state index in [0.29, 0.717) is 5.82 Å². The number of halogens is 1. The Labute approximate surface area is 125 Å². The molecule has 2 N–H and O–H groups in total. The lowest BCUT2D eigenvalue weighted by Gasteiger charge is -2.08. The highest BCUT2D eigenvalue weighted by Crippen LogP contribution is 2.40. The third kappa shape index (κ3) is 2.38. The molecule has 1 fully saturated rings. The summed E-state index contributed by atoms with van der Waals surface area (Å²) in [6.07, 6.45) is 1.84. The second kappa shape index (κ2) is 4.64. The van der Waals surface area contributed by atoms with Crippen molar-refractivity contribution in [3.63, 3.8) is 0 Å². The Morgan fingerprint density at radius 3 is 2.60 bits per heavy atom. The van der Waals surface area contributed by atoms with Crippen LogP contribution in [0.2, 0.25) is 0 Å². The summed E-state index contributed by atoms with van der Waals surface area (Å²) >= 11 is 3.44. The van der Waals surface area contributed by atoms with E-state index in [9.17, 15) is 8.42 Å². The quantitative estimate of drug-likeness (QED) is 0.910. The molecule has 0 bridgehead atoms. The second-order valence-electron chi connectivity index (χ2n) is 4.92. The van der Waals surface area contributed by atoms with Gasteiger partial charge in [-0.25, -0.2) is 13.6 Å². The van der Waals surface area contributed by atoms with E-state index in [1.165, 1.54) is 0 Å². The molecular formula is C12H13BrN4O2S. The molecular weight excluding hydrogens is 344 g/mol. The molecule has 8 heteroatoms. The van der Waals surface area contributed by atoms with Gasteiger partial charge in [-0.15, -0.1) is 10.2 Å². The highest BCUT2D eigenvalue weighted by molar-refractivity contribution is 9.10. The Kier molecular flexibility index (Phi) is 3.19. The van der Waals surface area contributed by atoms with Crippen LogP contribution >= 0.6 is 15.9 Å². The van der Waals surface area contributed by atoms with Gasteiger partial charge in [0, 0.05) is 16.1 Å². The van der Waals surface area contributed by atoms with Crippen molar-refractivity contribution in [3.8, 4) is 11.4 Å². The summed E-state index contributed by atoms with van der Waals surface area (Å²) in [4.78, 5) is 0. The van der Waals surface area contributed by atoms with Gasteiger partial charge in [-0.2, -0.15) is 0 Å². The van der Waals surface area contributed by atoms with Gasteiger partial charge in [0.25, 0.3) is 15.2 Å². The minimum absolute atomic E-state index is 0.122. The minimum Gasteiger partial charge on any atom is -0.294 e. The summed E-state index contributed by atoms with van der Waals surface area (Å²) in [5.74, 6) is 0.548. The highest BCUT2D eigenvalue weighted by atomic mass is 79.9. The number of aryl methyl sites for hydroxylation is 1.